The number of carbonyl (C=O) groups is 1. The Bertz CT molecular complexity index is 730. The van der Waals surface area contributed by atoms with Crippen LogP contribution in [0.4, 0.5) is 5.69 Å². The van der Waals surface area contributed by atoms with E-state index in [2.05, 4.69) is 10.3 Å². The van der Waals surface area contributed by atoms with Gasteiger partial charge in [0.25, 0.3) is 5.91 Å². The van der Waals surface area contributed by atoms with Crippen LogP contribution in [0.5, 0.6) is 0 Å². The third kappa shape index (κ3) is 2.97. The van der Waals surface area contributed by atoms with Crippen molar-refractivity contribution in [1.82, 2.24) is 10.3 Å². The lowest BCUT2D eigenvalue weighted by Gasteiger charge is -2.14. The van der Waals surface area contributed by atoms with Crippen molar-refractivity contribution in [3.63, 3.8) is 0 Å². The molecule has 0 aliphatic carbocycles. The molecule has 1 saturated heterocycles. The minimum absolute atomic E-state index is 0.0352. The van der Waals surface area contributed by atoms with Gasteiger partial charge in [0.2, 0.25) is 0 Å². The predicted molar refractivity (Wildman–Crippen MR) is 101 cm³/mol. The van der Waals surface area contributed by atoms with E-state index in [-0.39, 0.29) is 11.9 Å². The molecule has 1 atom stereocenters. The van der Waals surface area contributed by atoms with Crippen LogP contribution in [0.15, 0.2) is 22.5 Å². The van der Waals surface area contributed by atoms with Gasteiger partial charge in [-0.2, -0.15) is 11.8 Å². The van der Waals surface area contributed by atoms with Crippen LogP contribution < -0.4 is 10.2 Å². The number of carbonyl (C=O) groups excluding carboxylic acids is 1. The van der Waals surface area contributed by atoms with Gasteiger partial charge in [0.15, 0.2) is 9.45 Å². The van der Waals surface area contributed by atoms with Crippen molar-refractivity contribution in [3.05, 3.63) is 18.2 Å². The van der Waals surface area contributed by atoms with Crippen LogP contribution in [0, 0.1) is 0 Å². The second-order valence-corrected chi connectivity index (χ2v) is 8.25. The Hall–Kier alpha value is -0.830. The first-order valence-electron chi connectivity index (χ1n) is 6.72. The third-order valence-corrected chi connectivity index (χ3v) is 6.36. The largest absolute Gasteiger partial charge is 0.350 e. The molecule has 1 aromatic heterocycles. The summed E-state index contributed by atoms with van der Waals surface area (Å²) in [6.45, 7) is 0. The average molecular weight is 370 g/mol. The number of fused-ring (bicyclic) bond motifs is 1. The lowest BCUT2D eigenvalue weighted by atomic mass is 10.2. The summed E-state index contributed by atoms with van der Waals surface area (Å²) in [5.74, 6) is 0.971. The van der Waals surface area contributed by atoms with Crippen LogP contribution in [0.1, 0.15) is 6.42 Å². The zero-order chi connectivity index (χ0) is 15.7. The molecule has 1 unspecified atom stereocenters. The van der Waals surface area contributed by atoms with E-state index in [1.165, 1.54) is 0 Å². The Morgan fingerprint density at radius 1 is 1.45 bits per heavy atom. The van der Waals surface area contributed by atoms with Crippen LogP contribution in [0.25, 0.3) is 10.2 Å². The first-order chi connectivity index (χ1) is 10.6. The average Bonchev–Trinajstić information content (AvgIpc) is 3.05. The summed E-state index contributed by atoms with van der Waals surface area (Å²) in [7, 11) is 0. The molecule has 0 radical (unpaired) electrons. The van der Waals surface area contributed by atoms with Gasteiger partial charge in [-0.1, -0.05) is 11.8 Å². The first-order valence-corrected chi connectivity index (χ1v) is 10.6. The number of anilines is 1. The maximum Gasteiger partial charge on any atom is 0.255 e. The third-order valence-electron chi connectivity index (χ3n) is 3.42. The van der Waals surface area contributed by atoms with Gasteiger partial charge in [-0.25, -0.2) is 4.98 Å². The van der Waals surface area contributed by atoms with Crippen molar-refractivity contribution >= 4 is 74.0 Å². The van der Waals surface area contributed by atoms with Gasteiger partial charge in [-0.3, -0.25) is 9.69 Å². The minimum Gasteiger partial charge on any atom is -0.350 e. The summed E-state index contributed by atoms with van der Waals surface area (Å²) >= 11 is 10.3. The van der Waals surface area contributed by atoms with Gasteiger partial charge in [0.05, 0.1) is 15.9 Å². The fraction of sp³-hybridized carbons (Fsp3) is 0.357. The van der Waals surface area contributed by atoms with Gasteiger partial charge in [0, 0.05) is 0 Å². The monoisotopic (exact) mass is 369 g/mol. The molecule has 22 heavy (non-hydrogen) atoms. The van der Waals surface area contributed by atoms with Gasteiger partial charge < -0.3 is 5.32 Å². The number of aromatic nitrogens is 1. The van der Waals surface area contributed by atoms with E-state index in [1.807, 2.05) is 30.7 Å². The Morgan fingerprint density at radius 2 is 2.27 bits per heavy atom. The van der Waals surface area contributed by atoms with E-state index in [4.69, 9.17) is 12.2 Å². The molecule has 2 heterocycles. The molecule has 1 N–H and O–H groups in total. The highest BCUT2D eigenvalue weighted by atomic mass is 32.2. The fourth-order valence-electron chi connectivity index (χ4n) is 2.33. The van der Waals surface area contributed by atoms with E-state index in [9.17, 15) is 4.79 Å². The van der Waals surface area contributed by atoms with Crippen LogP contribution in [-0.2, 0) is 4.79 Å². The molecular weight excluding hydrogens is 354 g/mol. The number of nitrogens with one attached hydrogen (secondary N) is 1. The summed E-state index contributed by atoms with van der Waals surface area (Å²) in [5.41, 5.74) is 1.78. The fourth-order valence-corrected chi connectivity index (χ4v) is 4.66. The number of thiocarbonyl (C=S) groups is 1. The van der Waals surface area contributed by atoms with Crippen LogP contribution >= 0.6 is 47.1 Å². The van der Waals surface area contributed by atoms with E-state index in [0.717, 1.165) is 32.4 Å². The van der Waals surface area contributed by atoms with Gasteiger partial charge >= 0.3 is 0 Å². The Morgan fingerprint density at radius 3 is 3.00 bits per heavy atom. The molecule has 3 rings (SSSR count). The SMILES string of the molecule is CSCCC1NC(=S)N(c2ccc3nc(SC)sc3c2)C1=O. The molecule has 1 aliphatic rings. The molecule has 0 bridgehead atoms. The molecule has 4 nitrogen and oxygen atoms in total. The molecule has 0 saturated carbocycles. The number of hydrogen-bond donors (Lipinski definition) is 1. The van der Waals surface area contributed by atoms with Gasteiger partial charge in [-0.05, 0) is 55.1 Å². The molecule has 8 heteroatoms. The summed E-state index contributed by atoms with van der Waals surface area (Å²) in [5, 5.41) is 3.62. The second kappa shape index (κ2) is 6.74. The molecule has 1 amide bonds. The Kier molecular flexibility index (Phi) is 4.91. The molecule has 116 valence electrons. The van der Waals surface area contributed by atoms with Crippen LogP contribution in [-0.4, -0.2) is 40.3 Å². The molecule has 1 aliphatic heterocycles. The zero-order valence-corrected chi connectivity index (χ0v) is 15.4. The number of rotatable bonds is 5. The molecule has 1 fully saturated rings. The summed E-state index contributed by atoms with van der Waals surface area (Å²) in [4.78, 5) is 18.7. The zero-order valence-electron chi connectivity index (χ0n) is 12.2. The molecular formula is C14H15N3OS4. The lowest BCUT2D eigenvalue weighted by molar-refractivity contribution is -0.118. The van der Waals surface area contributed by atoms with E-state index in [1.54, 1.807) is 39.8 Å². The number of thiazole rings is 1. The number of hydrogen-bond acceptors (Lipinski definition) is 6. The predicted octanol–water partition coefficient (Wildman–Crippen LogP) is 3.36. The molecule has 1 aromatic carbocycles. The quantitative estimate of drug-likeness (QED) is 0.644. The minimum atomic E-state index is -0.209. The first kappa shape index (κ1) is 16.0. The van der Waals surface area contributed by atoms with Crippen molar-refractivity contribution in [1.29, 1.82) is 0 Å². The Balaban J connectivity index is 1.89. The van der Waals surface area contributed by atoms with E-state index < -0.39 is 0 Å². The summed E-state index contributed by atoms with van der Waals surface area (Å²) in [6, 6.07) is 5.65. The maximum absolute atomic E-state index is 12.6. The highest BCUT2D eigenvalue weighted by Gasteiger charge is 2.36. The van der Waals surface area contributed by atoms with Crippen molar-refractivity contribution in [3.8, 4) is 0 Å². The van der Waals surface area contributed by atoms with Gasteiger partial charge in [-0.15, -0.1) is 11.3 Å². The van der Waals surface area contributed by atoms with Crippen molar-refractivity contribution < 1.29 is 4.79 Å². The standard InChI is InChI=1S/C14H15N3OS4/c1-20-6-5-10-12(18)17(13(19)15-10)8-3-4-9-11(7-8)22-14(16-9)21-2/h3-4,7,10H,5-6H2,1-2H3,(H,15,19). The Labute approximate surface area is 147 Å². The highest BCUT2D eigenvalue weighted by molar-refractivity contribution is 8.00. The van der Waals surface area contributed by atoms with Crippen molar-refractivity contribution in [2.45, 2.75) is 16.8 Å². The second-order valence-electron chi connectivity index (χ2n) is 4.79. The van der Waals surface area contributed by atoms with Gasteiger partial charge in [0.1, 0.15) is 6.04 Å². The molecule has 2 aromatic rings. The number of thioether (sulfide) groups is 2. The number of amides is 1. The normalized spacial score (nSPS) is 18.3. The summed E-state index contributed by atoms with van der Waals surface area (Å²) < 4.78 is 2.10. The van der Waals surface area contributed by atoms with Crippen molar-refractivity contribution in [2.24, 2.45) is 0 Å². The topological polar surface area (TPSA) is 45.2 Å². The number of nitrogens with zero attached hydrogens (tertiary/aromatic N) is 2. The van der Waals surface area contributed by atoms with E-state index in [0.29, 0.717) is 5.11 Å². The van der Waals surface area contributed by atoms with E-state index >= 15 is 0 Å². The van der Waals surface area contributed by atoms with Crippen LogP contribution in [0.3, 0.4) is 0 Å². The maximum atomic E-state index is 12.6. The molecule has 0 spiro atoms. The number of benzene rings is 1. The smallest absolute Gasteiger partial charge is 0.255 e. The highest BCUT2D eigenvalue weighted by Crippen LogP contribution is 2.32. The van der Waals surface area contributed by atoms with Crippen LogP contribution in [0.2, 0.25) is 0 Å². The lowest BCUT2D eigenvalue weighted by Crippen LogP contribution is -2.31. The van der Waals surface area contributed by atoms with Crippen molar-refractivity contribution in [2.75, 3.05) is 23.2 Å². The summed E-state index contributed by atoms with van der Waals surface area (Å²) in [6.07, 6.45) is 4.84.